The molecule has 3 rings (SSSR count). The summed E-state index contributed by atoms with van der Waals surface area (Å²) in [7, 11) is -1.92. The Morgan fingerprint density at radius 2 is 1.73 bits per heavy atom. The number of rotatable bonds is 7. The zero-order valence-electron chi connectivity index (χ0n) is 17.0. The van der Waals surface area contributed by atoms with Gasteiger partial charge in [0.05, 0.1) is 10.5 Å². The number of sulfonamides is 1. The fourth-order valence-corrected chi connectivity index (χ4v) is 5.44. The summed E-state index contributed by atoms with van der Waals surface area (Å²) in [6, 6.07) is 7.61. The molecule has 0 radical (unpaired) electrons. The molecule has 162 valence electrons. The second-order valence-corrected chi connectivity index (χ2v) is 10.0. The van der Waals surface area contributed by atoms with Gasteiger partial charge in [-0.1, -0.05) is 12.8 Å². The van der Waals surface area contributed by atoms with E-state index in [1.54, 1.807) is 18.4 Å². The van der Waals surface area contributed by atoms with Crippen molar-refractivity contribution >= 4 is 33.2 Å². The van der Waals surface area contributed by atoms with Crippen LogP contribution in [0.4, 0.5) is 0 Å². The zero-order valence-corrected chi connectivity index (χ0v) is 18.6. The van der Waals surface area contributed by atoms with E-state index in [4.69, 9.17) is 4.74 Å². The highest BCUT2D eigenvalue weighted by Crippen LogP contribution is 2.21. The van der Waals surface area contributed by atoms with E-state index in [-0.39, 0.29) is 23.0 Å². The minimum atomic E-state index is -3.57. The van der Waals surface area contributed by atoms with E-state index in [1.807, 2.05) is 16.8 Å². The van der Waals surface area contributed by atoms with Gasteiger partial charge in [0, 0.05) is 26.7 Å². The molecule has 0 saturated carbocycles. The Morgan fingerprint density at radius 1 is 1.07 bits per heavy atom. The van der Waals surface area contributed by atoms with Crippen LogP contribution < -0.4 is 0 Å². The third kappa shape index (κ3) is 5.68. The number of hydrogen-bond donors (Lipinski definition) is 0. The molecular weight excluding hydrogens is 424 g/mol. The zero-order chi connectivity index (χ0) is 21.6. The number of esters is 1. The molecule has 9 heteroatoms. The van der Waals surface area contributed by atoms with Gasteiger partial charge in [0.1, 0.15) is 0 Å². The molecule has 1 saturated heterocycles. The average Bonchev–Trinajstić information content (AvgIpc) is 3.09. The van der Waals surface area contributed by atoms with Gasteiger partial charge in [0.15, 0.2) is 6.61 Å². The van der Waals surface area contributed by atoms with Crippen LogP contribution in [0.25, 0.3) is 0 Å². The molecule has 30 heavy (non-hydrogen) atoms. The van der Waals surface area contributed by atoms with Gasteiger partial charge in [0.25, 0.3) is 5.91 Å². The Hall–Kier alpha value is -2.23. The number of benzene rings is 1. The van der Waals surface area contributed by atoms with Crippen molar-refractivity contribution in [2.75, 3.05) is 26.7 Å². The first-order chi connectivity index (χ1) is 14.4. The smallest absolute Gasteiger partial charge is 0.338 e. The van der Waals surface area contributed by atoms with Gasteiger partial charge in [-0.3, -0.25) is 4.79 Å². The summed E-state index contributed by atoms with van der Waals surface area (Å²) in [6.07, 6.45) is 3.80. The lowest BCUT2D eigenvalue weighted by molar-refractivity contribution is -0.133. The molecule has 0 N–H and O–H groups in total. The van der Waals surface area contributed by atoms with Gasteiger partial charge in [0.2, 0.25) is 10.0 Å². The molecule has 1 fully saturated rings. The molecule has 2 aromatic rings. The molecule has 1 aliphatic rings. The first-order valence-corrected chi connectivity index (χ1v) is 12.3. The number of carbonyl (C=O) groups excluding carboxylic acids is 2. The molecule has 1 aliphatic heterocycles. The van der Waals surface area contributed by atoms with Crippen molar-refractivity contribution in [3.8, 4) is 0 Å². The molecule has 0 bridgehead atoms. The van der Waals surface area contributed by atoms with Gasteiger partial charge in [-0.15, -0.1) is 0 Å². The van der Waals surface area contributed by atoms with E-state index in [0.29, 0.717) is 19.6 Å². The van der Waals surface area contributed by atoms with Crippen LogP contribution in [0.15, 0.2) is 46.0 Å². The second-order valence-electron chi connectivity index (χ2n) is 7.30. The molecule has 1 amide bonds. The fraction of sp³-hybridized carbons (Fsp3) is 0.429. The van der Waals surface area contributed by atoms with Crippen LogP contribution in [0.3, 0.4) is 0 Å². The molecule has 7 nitrogen and oxygen atoms in total. The van der Waals surface area contributed by atoms with Gasteiger partial charge in [-0.05, 0) is 59.5 Å². The largest absolute Gasteiger partial charge is 0.452 e. The molecule has 0 atom stereocenters. The topological polar surface area (TPSA) is 84.0 Å². The number of thiophene rings is 1. The highest BCUT2D eigenvalue weighted by molar-refractivity contribution is 7.89. The van der Waals surface area contributed by atoms with Crippen LogP contribution in [0.1, 0.15) is 41.6 Å². The SMILES string of the molecule is CN(Cc1ccsc1)C(=O)COC(=O)c1ccc(S(=O)(=O)N2CCCCCC2)cc1. The van der Waals surface area contributed by atoms with Gasteiger partial charge in [-0.2, -0.15) is 15.6 Å². The van der Waals surface area contributed by atoms with Crippen molar-refractivity contribution in [2.24, 2.45) is 0 Å². The van der Waals surface area contributed by atoms with E-state index in [2.05, 4.69) is 0 Å². The molecule has 0 unspecified atom stereocenters. The van der Waals surface area contributed by atoms with E-state index in [1.165, 1.54) is 33.5 Å². The molecule has 2 heterocycles. The van der Waals surface area contributed by atoms with E-state index >= 15 is 0 Å². The van der Waals surface area contributed by atoms with Crippen LogP contribution in [0.2, 0.25) is 0 Å². The summed E-state index contributed by atoms with van der Waals surface area (Å²) in [5, 5.41) is 3.89. The maximum atomic E-state index is 12.8. The summed E-state index contributed by atoms with van der Waals surface area (Å²) in [6.45, 7) is 1.12. The highest BCUT2D eigenvalue weighted by atomic mass is 32.2. The molecule has 0 aliphatic carbocycles. The predicted octanol–water partition coefficient (Wildman–Crippen LogP) is 3.13. The van der Waals surface area contributed by atoms with Crippen LogP contribution in [0, 0.1) is 0 Å². The van der Waals surface area contributed by atoms with Crippen molar-refractivity contribution < 1.29 is 22.7 Å². The third-order valence-electron chi connectivity index (χ3n) is 5.05. The minimum absolute atomic E-state index is 0.160. The van der Waals surface area contributed by atoms with Crippen molar-refractivity contribution in [3.05, 3.63) is 52.2 Å². The first-order valence-electron chi connectivity index (χ1n) is 9.90. The summed E-state index contributed by atoms with van der Waals surface area (Å²) < 4.78 is 32.2. The summed E-state index contributed by atoms with van der Waals surface area (Å²) in [5.74, 6) is -0.971. The van der Waals surface area contributed by atoms with Gasteiger partial charge in [-0.25, -0.2) is 13.2 Å². The van der Waals surface area contributed by atoms with Crippen LogP contribution in [-0.2, 0) is 26.1 Å². The lowest BCUT2D eigenvalue weighted by Crippen LogP contribution is -2.32. The quantitative estimate of drug-likeness (QED) is 0.605. The van der Waals surface area contributed by atoms with E-state index in [0.717, 1.165) is 31.2 Å². The van der Waals surface area contributed by atoms with Crippen molar-refractivity contribution in [2.45, 2.75) is 37.1 Å². The Bertz CT molecular complexity index is 948. The van der Waals surface area contributed by atoms with E-state index < -0.39 is 16.0 Å². The van der Waals surface area contributed by atoms with Crippen molar-refractivity contribution in [1.82, 2.24) is 9.21 Å². The van der Waals surface area contributed by atoms with Crippen LogP contribution in [-0.4, -0.2) is 56.2 Å². The Balaban J connectivity index is 1.56. The predicted molar refractivity (Wildman–Crippen MR) is 115 cm³/mol. The van der Waals surface area contributed by atoms with Crippen LogP contribution in [0.5, 0.6) is 0 Å². The minimum Gasteiger partial charge on any atom is -0.452 e. The summed E-state index contributed by atoms with van der Waals surface area (Å²) in [4.78, 5) is 26.1. The third-order valence-corrected chi connectivity index (χ3v) is 7.69. The number of ether oxygens (including phenoxy) is 1. The normalized spacial score (nSPS) is 15.4. The molecule has 1 aromatic heterocycles. The monoisotopic (exact) mass is 450 g/mol. The van der Waals surface area contributed by atoms with Crippen molar-refractivity contribution in [1.29, 1.82) is 0 Å². The molecular formula is C21H26N2O5S2. The lowest BCUT2D eigenvalue weighted by Gasteiger charge is -2.20. The summed E-state index contributed by atoms with van der Waals surface area (Å²) in [5.41, 5.74) is 1.22. The highest BCUT2D eigenvalue weighted by Gasteiger charge is 2.25. The van der Waals surface area contributed by atoms with Gasteiger partial charge < -0.3 is 9.64 Å². The first kappa shape index (κ1) is 22.5. The Morgan fingerprint density at radius 3 is 2.33 bits per heavy atom. The number of carbonyl (C=O) groups is 2. The maximum absolute atomic E-state index is 12.8. The molecule has 0 spiro atoms. The van der Waals surface area contributed by atoms with Crippen LogP contribution >= 0.6 is 11.3 Å². The standard InChI is InChI=1S/C21H26N2O5S2/c1-22(14-17-10-13-29-16-17)20(24)15-28-21(25)18-6-8-19(9-7-18)30(26,27)23-11-4-2-3-5-12-23/h6-10,13,16H,2-5,11-12,14-15H2,1H3. The number of likely N-dealkylation sites (N-methyl/N-ethyl adjacent to an activating group) is 1. The summed E-state index contributed by atoms with van der Waals surface area (Å²) >= 11 is 1.55. The number of nitrogens with zero attached hydrogens (tertiary/aromatic N) is 2. The molecule has 1 aromatic carbocycles. The number of amides is 1. The fourth-order valence-electron chi connectivity index (χ4n) is 3.26. The maximum Gasteiger partial charge on any atom is 0.338 e. The van der Waals surface area contributed by atoms with E-state index in [9.17, 15) is 18.0 Å². The Labute approximate surface area is 181 Å². The van der Waals surface area contributed by atoms with Gasteiger partial charge >= 0.3 is 5.97 Å². The lowest BCUT2D eigenvalue weighted by atomic mass is 10.2. The second kappa shape index (κ2) is 10.2. The Kier molecular flexibility index (Phi) is 7.63. The van der Waals surface area contributed by atoms with Crippen molar-refractivity contribution in [3.63, 3.8) is 0 Å². The average molecular weight is 451 g/mol. The number of hydrogen-bond acceptors (Lipinski definition) is 6.